The first-order valence-corrected chi connectivity index (χ1v) is 7.44. The highest BCUT2D eigenvalue weighted by atomic mass is 32.2. The molecular weight excluding hydrogens is 286 g/mol. The number of sulfonamides is 1. The lowest BCUT2D eigenvalue weighted by atomic mass is 10.2. The Morgan fingerprint density at radius 3 is 2.55 bits per heavy atom. The van der Waals surface area contributed by atoms with Crippen molar-refractivity contribution >= 4 is 10.0 Å². The maximum Gasteiger partial charge on any atom is 0.246 e. The minimum absolute atomic E-state index is 0.0946. The van der Waals surface area contributed by atoms with Gasteiger partial charge in [-0.1, -0.05) is 12.8 Å². The van der Waals surface area contributed by atoms with Gasteiger partial charge in [0.05, 0.1) is 6.54 Å². The molecule has 0 unspecified atom stereocenters. The third-order valence-electron chi connectivity index (χ3n) is 2.65. The molecule has 20 heavy (non-hydrogen) atoms. The van der Waals surface area contributed by atoms with Crippen LogP contribution in [0.15, 0.2) is 17.0 Å². The third kappa shape index (κ3) is 3.33. The van der Waals surface area contributed by atoms with Crippen LogP contribution in [0.3, 0.4) is 0 Å². The van der Waals surface area contributed by atoms with Crippen molar-refractivity contribution < 1.29 is 17.2 Å². The van der Waals surface area contributed by atoms with Gasteiger partial charge in [0, 0.05) is 13.1 Å². The van der Waals surface area contributed by atoms with Gasteiger partial charge in [-0.05, 0) is 24.1 Å². The molecule has 0 saturated heterocycles. The quantitative estimate of drug-likeness (QED) is 0.809. The summed E-state index contributed by atoms with van der Waals surface area (Å²) in [5.41, 5.74) is 5.54. The molecule has 0 aliphatic rings. The van der Waals surface area contributed by atoms with Crippen molar-refractivity contribution in [3.63, 3.8) is 0 Å². The molecule has 0 bridgehead atoms. The van der Waals surface area contributed by atoms with Crippen LogP contribution in [0.4, 0.5) is 8.78 Å². The van der Waals surface area contributed by atoms with E-state index in [1.54, 1.807) is 6.92 Å². The summed E-state index contributed by atoms with van der Waals surface area (Å²) in [6.07, 6.45) is 5.62. The van der Waals surface area contributed by atoms with E-state index in [1.165, 1.54) is 0 Å². The molecule has 1 aromatic carbocycles. The lowest BCUT2D eigenvalue weighted by Crippen LogP contribution is -2.33. The van der Waals surface area contributed by atoms with Crippen molar-refractivity contribution in [2.24, 2.45) is 5.73 Å². The largest absolute Gasteiger partial charge is 0.326 e. The van der Waals surface area contributed by atoms with Crippen molar-refractivity contribution in [3.05, 3.63) is 29.3 Å². The van der Waals surface area contributed by atoms with Crippen LogP contribution in [0.2, 0.25) is 0 Å². The standard InChI is InChI=1S/C13H16F2N2O2S/c1-3-5-17(6-4-2)20(18,19)12-8-10(9-16)7-11(14)13(12)15/h1,7-8H,4-6,9,16H2,2H3. The topological polar surface area (TPSA) is 63.4 Å². The van der Waals surface area contributed by atoms with Crippen LogP contribution in [0.1, 0.15) is 18.9 Å². The van der Waals surface area contributed by atoms with Gasteiger partial charge in [0.1, 0.15) is 4.90 Å². The van der Waals surface area contributed by atoms with E-state index < -0.39 is 26.6 Å². The van der Waals surface area contributed by atoms with Crippen LogP contribution in [0, 0.1) is 24.0 Å². The molecule has 1 rings (SSSR count). The van der Waals surface area contributed by atoms with E-state index >= 15 is 0 Å². The number of nitrogens with zero attached hydrogens (tertiary/aromatic N) is 1. The molecular formula is C13H16F2N2O2S. The SMILES string of the molecule is C#CCN(CCC)S(=O)(=O)c1cc(CN)cc(F)c1F. The molecule has 0 spiro atoms. The molecule has 4 nitrogen and oxygen atoms in total. The lowest BCUT2D eigenvalue weighted by Gasteiger charge is -2.20. The summed E-state index contributed by atoms with van der Waals surface area (Å²) in [5.74, 6) is -0.466. The first kappa shape index (κ1) is 16.6. The molecule has 2 N–H and O–H groups in total. The van der Waals surface area contributed by atoms with Crippen molar-refractivity contribution in [1.29, 1.82) is 0 Å². The summed E-state index contributed by atoms with van der Waals surface area (Å²) >= 11 is 0. The molecule has 1 aromatic rings. The molecule has 0 heterocycles. The first-order valence-electron chi connectivity index (χ1n) is 6.00. The maximum absolute atomic E-state index is 13.8. The molecule has 0 aliphatic carbocycles. The zero-order valence-corrected chi connectivity index (χ0v) is 11.9. The maximum atomic E-state index is 13.8. The summed E-state index contributed by atoms with van der Waals surface area (Å²) in [6, 6.07) is 1.91. The number of benzene rings is 1. The second kappa shape index (κ2) is 6.79. The van der Waals surface area contributed by atoms with E-state index in [2.05, 4.69) is 5.92 Å². The fourth-order valence-corrected chi connectivity index (χ4v) is 3.27. The van der Waals surface area contributed by atoms with Crippen molar-refractivity contribution in [3.8, 4) is 12.3 Å². The minimum atomic E-state index is -4.19. The molecule has 7 heteroatoms. The van der Waals surface area contributed by atoms with Crippen LogP contribution in [-0.4, -0.2) is 25.8 Å². The Hall–Kier alpha value is -1.49. The van der Waals surface area contributed by atoms with Gasteiger partial charge >= 0.3 is 0 Å². The molecule has 0 amide bonds. The van der Waals surface area contributed by atoms with Gasteiger partial charge in [0.25, 0.3) is 0 Å². The molecule has 0 aliphatic heterocycles. The van der Waals surface area contributed by atoms with E-state index in [4.69, 9.17) is 12.2 Å². The van der Waals surface area contributed by atoms with Crippen LogP contribution in [0.25, 0.3) is 0 Å². The van der Waals surface area contributed by atoms with E-state index in [1.807, 2.05) is 0 Å². The fraction of sp³-hybridized carbons (Fsp3) is 0.385. The summed E-state index contributed by atoms with van der Waals surface area (Å²) in [5, 5.41) is 0. The summed E-state index contributed by atoms with van der Waals surface area (Å²) in [4.78, 5) is -0.735. The smallest absolute Gasteiger partial charge is 0.246 e. The Morgan fingerprint density at radius 2 is 2.05 bits per heavy atom. The Balaban J connectivity index is 3.40. The van der Waals surface area contributed by atoms with Crippen molar-refractivity contribution in [2.75, 3.05) is 13.1 Å². The zero-order chi connectivity index (χ0) is 15.3. The highest BCUT2D eigenvalue weighted by Gasteiger charge is 2.28. The average molecular weight is 302 g/mol. The predicted octanol–water partition coefficient (Wildman–Crippen LogP) is 1.46. The molecule has 0 atom stereocenters. The molecule has 0 saturated carbocycles. The van der Waals surface area contributed by atoms with Gasteiger partial charge in [-0.3, -0.25) is 0 Å². The van der Waals surface area contributed by atoms with Gasteiger partial charge in [-0.15, -0.1) is 6.42 Å². The van der Waals surface area contributed by atoms with E-state index in [-0.39, 0.29) is 25.2 Å². The zero-order valence-electron chi connectivity index (χ0n) is 11.1. The first-order chi connectivity index (χ1) is 9.38. The number of terminal acetylenes is 1. The molecule has 0 aromatic heterocycles. The Bertz CT molecular complexity index is 624. The van der Waals surface area contributed by atoms with Crippen molar-refractivity contribution in [2.45, 2.75) is 24.8 Å². The van der Waals surface area contributed by atoms with Crippen LogP contribution < -0.4 is 5.73 Å². The number of halogens is 2. The highest BCUT2D eigenvalue weighted by Crippen LogP contribution is 2.23. The Labute approximate surface area is 117 Å². The Morgan fingerprint density at radius 1 is 1.40 bits per heavy atom. The second-order valence-electron chi connectivity index (χ2n) is 4.14. The number of rotatable bonds is 6. The van der Waals surface area contributed by atoms with Crippen LogP contribution in [-0.2, 0) is 16.6 Å². The van der Waals surface area contributed by atoms with Gasteiger partial charge in [-0.2, -0.15) is 4.31 Å². The fourth-order valence-electron chi connectivity index (χ4n) is 1.70. The van der Waals surface area contributed by atoms with Gasteiger partial charge < -0.3 is 5.73 Å². The average Bonchev–Trinajstić information content (AvgIpc) is 2.41. The van der Waals surface area contributed by atoms with E-state index in [9.17, 15) is 17.2 Å². The lowest BCUT2D eigenvalue weighted by molar-refractivity contribution is 0.432. The van der Waals surface area contributed by atoms with Gasteiger partial charge in [0.2, 0.25) is 10.0 Å². The highest BCUT2D eigenvalue weighted by molar-refractivity contribution is 7.89. The summed E-state index contributed by atoms with van der Waals surface area (Å²) in [6.45, 7) is 1.58. The molecule has 0 fully saturated rings. The van der Waals surface area contributed by atoms with Gasteiger partial charge in [-0.25, -0.2) is 17.2 Å². The number of hydrogen-bond donors (Lipinski definition) is 1. The minimum Gasteiger partial charge on any atom is -0.326 e. The monoisotopic (exact) mass is 302 g/mol. The number of hydrogen-bond acceptors (Lipinski definition) is 3. The molecule has 110 valence electrons. The van der Waals surface area contributed by atoms with Crippen LogP contribution >= 0.6 is 0 Å². The predicted molar refractivity (Wildman–Crippen MR) is 72.1 cm³/mol. The summed E-state index contributed by atoms with van der Waals surface area (Å²) < 4.78 is 52.8. The Kier molecular flexibility index (Phi) is 5.62. The third-order valence-corrected chi connectivity index (χ3v) is 4.49. The van der Waals surface area contributed by atoms with Crippen molar-refractivity contribution in [1.82, 2.24) is 4.31 Å². The van der Waals surface area contributed by atoms with E-state index in [0.29, 0.717) is 6.42 Å². The number of nitrogens with two attached hydrogens (primary N) is 1. The summed E-state index contributed by atoms with van der Waals surface area (Å²) in [7, 11) is -4.19. The van der Waals surface area contributed by atoms with E-state index in [0.717, 1.165) is 16.4 Å². The molecule has 0 radical (unpaired) electrons. The van der Waals surface area contributed by atoms with Crippen LogP contribution in [0.5, 0.6) is 0 Å². The van der Waals surface area contributed by atoms with Gasteiger partial charge in [0.15, 0.2) is 11.6 Å². The second-order valence-corrected chi connectivity index (χ2v) is 6.04. The normalized spacial score (nSPS) is 11.6.